The zero-order valence-electron chi connectivity index (χ0n) is 9.88. The smallest absolute Gasteiger partial charge is 0.128 e. The second-order valence-electron chi connectivity index (χ2n) is 4.05. The Bertz CT molecular complexity index is 534. The number of aryl methyl sites for hydroxylation is 2. The average Bonchev–Trinajstić information content (AvgIpc) is 2.68. The van der Waals surface area contributed by atoms with Crippen molar-refractivity contribution in [3.63, 3.8) is 0 Å². The molecule has 0 radical (unpaired) electrons. The Morgan fingerprint density at radius 3 is 2.71 bits per heavy atom. The molecule has 0 saturated carbocycles. The summed E-state index contributed by atoms with van der Waals surface area (Å²) in [5, 5.41) is 3.13. The van der Waals surface area contributed by atoms with Crippen molar-refractivity contribution in [1.29, 1.82) is 0 Å². The van der Waals surface area contributed by atoms with Gasteiger partial charge in [-0.05, 0) is 43.7 Å². The summed E-state index contributed by atoms with van der Waals surface area (Å²) in [4.78, 5) is 0. The Morgan fingerprint density at radius 2 is 2.06 bits per heavy atom. The highest BCUT2D eigenvalue weighted by molar-refractivity contribution is 5.67. The van der Waals surface area contributed by atoms with E-state index in [1.807, 2.05) is 19.1 Å². The molecule has 90 valence electrons. The summed E-state index contributed by atoms with van der Waals surface area (Å²) in [6.07, 6.45) is 0. The number of benzene rings is 1. The van der Waals surface area contributed by atoms with E-state index in [0.29, 0.717) is 17.8 Å². The Morgan fingerprint density at radius 1 is 1.29 bits per heavy atom. The van der Waals surface area contributed by atoms with Gasteiger partial charge in [-0.25, -0.2) is 4.39 Å². The van der Waals surface area contributed by atoms with Crippen molar-refractivity contribution in [2.75, 3.05) is 11.1 Å². The number of rotatable bonds is 3. The van der Waals surface area contributed by atoms with Gasteiger partial charge in [0.15, 0.2) is 0 Å². The van der Waals surface area contributed by atoms with Crippen molar-refractivity contribution >= 4 is 11.4 Å². The van der Waals surface area contributed by atoms with Gasteiger partial charge in [0.25, 0.3) is 0 Å². The molecule has 1 heterocycles. The maximum atomic E-state index is 13.2. The molecule has 2 aromatic rings. The van der Waals surface area contributed by atoms with Gasteiger partial charge in [0.05, 0.1) is 17.9 Å². The lowest BCUT2D eigenvalue weighted by atomic mass is 10.2. The van der Waals surface area contributed by atoms with Crippen molar-refractivity contribution in [3.8, 4) is 0 Å². The maximum absolute atomic E-state index is 13.2. The summed E-state index contributed by atoms with van der Waals surface area (Å²) in [6.45, 7) is 4.13. The Balaban J connectivity index is 2.11. The highest BCUT2D eigenvalue weighted by Crippen LogP contribution is 2.23. The third-order valence-electron chi connectivity index (χ3n) is 2.58. The van der Waals surface area contributed by atoms with Crippen LogP contribution in [-0.2, 0) is 6.54 Å². The lowest BCUT2D eigenvalue weighted by Crippen LogP contribution is -2.03. The maximum Gasteiger partial charge on any atom is 0.128 e. The Hall–Kier alpha value is -1.97. The predicted molar refractivity (Wildman–Crippen MR) is 66.3 cm³/mol. The zero-order chi connectivity index (χ0) is 12.4. The quantitative estimate of drug-likeness (QED) is 0.801. The van der Waals surface area contributed by atoms with Gasteiger partial charge in [-0.1, -0.05) is 0 Å². The molecule has 0 fully saturated rings. The summed E-state index contributed by atoms with van der Waals surface area (Å²) in [6, 6.07) is 6.82. The first-order chi connectivity index (χ1) is 8.06. The molecule has 17 heavy (non-hydrogen) atoms. The van der Waals surface area contributed by atoms with Crippen LogP contribution >= 0.6 is 0 Å². The van der Waals surface area contributed by atoms with E-state index in [1.165, 1.54) is 6.07 Å². The first-order valence-electron chi connectivity index (χ1n) is 5.41. The third-order valence-corrected chi connectivity index (χ3v) is 2.58. The molecule has 0 aliphatic rings. The van der Waals surface area contributed by atoms with Crippen LogP contribution in [0.25, 0.3) is 0 Å². The summed E-state index contributed by atoms with van der Waals surface area (Å²) in [7, 11) is 0. The fourth-order valence-electron chi connectivity index (χ4n) is 1.61. The molecule has 0 aliphatic heterocycles. The molecule has 2 rings (SSSR count). The molecule has 1 aromatic heterocycles. The van der Waals surface area contributed by atoms with Crippen LogP contribution in [0.4, 0.5) is 15.8 Å². The second kappa shape index (κ2) is 4.49. The van der Waals surface area contributed by atoms with Crippen molar-refractivity contribution in [2.45, 2.75) is 20.4 Å². The highest BCUT2D eigenvalue weighted by Gasteiger charge is 2.05. The fraction of sp³-hybridized carbons (Fsp3) is 0.231. The lowest BCUT2D eigenvalue weighted by Gasteiger charge is -2.09. The molecule has 3 nitrogen and oxygen atoms in total. The summed E-state index contributed by atoms with van der Waals surface area (Å²) in [5.74, 6) is 1.40. The third kappa shape index (κ3) is 2.58. The van der Waals surface area contributed by atoms with Crippen LogP contribution in [0.1, 0.15) is 17.1 Å². The molecule has 0 bridgehead atoms. The summed E-state index contributed by atoms with van der Waals surface area (Å²) >= 11 is 0. The fourth-order valence-corrected chi connectivity index (χ4v) is 1.61. The SMILES string of the molecule is Cc1ccc(CNc2cc(C)c(F)cc2N)o1. The molecule has 4 heteroatoms. The van der Waals surface area contributed by atoms with Gasteiger partial charge in [0.2, 0.25) is 0 Å². The standard InChI is InChI=1S/C13H15FN2O/c1-8-5-13(12(15)6-11(8)14)16-7-10-4-3-9(2)17-10/h3-6,16H,7,15H2,1-2H3. The van der Waals surface area contributed by atoms with Gasteiger partial charge >= 0.3 is 0 Å². The number of nitrogens with one attached hydrogen (secondary N) is 1. The van der Waals surface area contributed by atoms with Crippen LogP contribution in [0, 0.1) is 19.7 Å². The number of nitrogens with two attached hydrogens (primary N) is 1. The van der Waals surface area contributed by atoms with E-state index in [4.69, 9.17) is 10.2 Å². The van der Waals surface area contributed by atoms with E-state index in [2.05, 4.69) is 5.32 Å². The molecule has 0 atom stereocenters. The second-order valence-corrected chi connectivity index (χ2v) is 4.05. The van der Waals surface area contributed by atoms with E-state index < -0.39 is 0 Å². The van der Waals surface area contributed by atoms with Gasteiger partial charge < -0.3 is 15.5 Å². The molecule has 3 N–H and O–H groups in total. The van der Waals surface area contributed by atoms with E-state index >= 15 is 0 Å². The minimum atomic E-state index is -0.290. The number of anilines is 2. The average molecular weight is 234 g/mol. The van der Waals surface area contributed by atoms with Gasteiger partial charge in [-0.2, -0.15) is 0 Å². The number of hydrogen-bond donors (Lipinski definition) is 2. The van der Waals surface area contributed by atoms with E-state index in [-0.39, 0.29) is 5.82 Å². The molecule has 0 spiro atoms. The molecule has 0 amide bonds. The first-order valence-corrected chi connectivity index (χ1v) is 5.41. The van der Waals surface area contributed by atoms with Crippen molar-refractivity contribution < 1.29 is 8.81 Å². The van der Waals surface area contributed by atoms with E-state index in [1.54, 1.807) is 13.0 Å². The highest BCUT2D eigenvalue weighted by atomic mass is 19.1. The van der Waals surface area contributed by atoms with Crippen LogP contribution in [0.3, 0.4) is 0 Å². The van der Waals surface area contributed by atoms with Crippen LogP contribution < -0.4 is 11.1 Å². The van der Waals surface area contributed by atoms with Gasteiger partial charge in [-0.15, -0.1) is 0 Å². The monoisotopic (exact) mass is 234 g/mol. The van der Waals surface area contributed by atoms with Crippen LogP contribution in [0.15, 0.2) is 28.7 Å². The van der Waals surface area contributed by atoms with Gasteiger partial charge in [-0.3, -0.25) is 0 Å². The van der Waals surface area contributed by atoms with Crippen LogP contribution in [0.2, 0.25) is 0 Å². The minimum absolute atomic E-state index is 0.290. The molecule has 1 aromatic carbocycles. The topological polar surface area (TPSA) is 51.2 Å². The largest absolute Gasteiger partial charge is 0.465 e. The lowest BCUT2D eigenvalue weighted by molar-refractivity contribution is 0.490. The first kappa shape index (κ1) is 11.5. The molecule has 0 saturated heterocycles. The number of hydrogen-bond acceptors (Lipinski definition) is 3. The minimum Gasteiger partial charge on any atom is -0.465 e. The zero-order valence-corrected chi connectivity index (χ0v) is 9.88. The predicted octanol–water partition coefficient (Wildman–Crippen LogP) is 3.23. The van der Waals surface area contributed by atoms with Crippen LogP contribution in [0.5, 0.6) is 0 Å². The molecule has 0 unspecified atom stereocenters. The van der Waals surface area contributed by atoms with Crippen molar-refractivity contribution in [2.24, 2.45) is 0 Å². The summed E-state index contributed by atoms with van der Waals surface area (Å²) < 4.78 is 18.6. The van der Waals surface area contributed by atoms with Crippen LogP contribution in [-0.4, -0.2) is 0 Å². The van der Waals surface area contributed by atoms with Crippen molar-refractivity contribution in [3.05, 3.63) is 47.2 Å². The molecular formula is C13H15FN2O. The van der Waals surface area contributed by atoms with Crippen molar-refractivity contribution in [1.82, 2.24) is 0 Å². The number of halogens is 1. The van der Waals surface area contributed by atoms with E-state index in [9.17, 15) is 4.39 Å². The normalized spacial score (nSPS) is 10.5. The Kier molecular flexibility index (Phi) is 3.04. The van der Waals surface area contributed by atoms with Gasteiger partial charge in [0, 0.05) is 0 Å². The number of nitrogen functional groups attached to an aromatic ring is 1. The molecular weight excluding hydrogens is 219 g/mol. The number of furan rings is 1. The summed E-state index contributed by atoms with van der Waals surface area (Å²) in [5.41, 5.74) is 7.41. The Labute approximate surface area is 99.4 Å². The van der Waals surface area contributed by atoms with Gasteiger partial charge in [0.1, 0.15) is 17.3 Å². The molecule has 0 aliphatic carbocycles. The van der Waals surface area contributed by atoms with E-state index in [0.717, 1.165) is 17.2 Å².